The molecule has 4 rings (SSSR count). The minimum absolute atomic E-state index is 0.324. The van der Waals surface area contributed by atoms with E-state index in [2.05, 4.69) is 20.5 Å². The zero-order valence-corrected chi connectivity index (χ0v) is 15.4. The van der Waals surface area contributed by atoms with Gasteiger partial charge in [-0.3, -0.25) is 4.40 Å². The van der Waals surface area contributed by atoms with Gasteiger partial charge < -0.3 is 14.8 Å². The normalized spacial score (nSPS) is 10.8. The molecular weight excluding hydrogens is 361 g/mol. The molecule has 4 aromatic rings. The molecule has 142 valence electrons. The van der Waals surface area contributed by atoms with E-state index in [0.717, 1.165) is 5.56 Å². The summed E-state index contributed by atoms with van der Waals surface area (Å²) in [6.07, 6.45) is 3.40. The van der Waals surface area contributed by atoms with E-state index in [-0.39, 0.29) is 5.82 Å². The van der Waals surface area contributed by atoms with Crippen LogP contribution in [0.5, 0.6) is 11.5 Å². The monoisotopic (exact) mass is 379 g/mol. The lowest BCUT2D eigenvalue weighted by atomic mass is 10.2. The maximum absolute atomic E-state index is 13.6. The van der Waals surface area contributed by atoms with Crippen LogP contribution < -0.4 is 14.8 Å². The van der Waals surface area contributed by atoms with E-state index in [0.29, 0.717) is 40.9 Å². The summed E-state index contributed by atoms with van der Waals surface area (Å²) in [4.78, 5) is 4.36. The number of benzene rings is 2. The van der Waals surface area contributed by atoms with Crippen molar-refractivity contribution < 1.29 is 13.9 Å². The fraction of sp³-hybridized carbons (Fsp3) is 0.150. The average molecular weight is 379 g/mol. The van der Waals surface area contributed by atoms with E-state index in [1.54, 1.807) is 43.1 Å². The Morgan fingerprint density at radius 2 is 1.89 bits per heavy atom. The maximum atomic E-state index is 13.6. The molecule has 2 aromatic carbocycles. The number of nitrogens with one attached hydrogen (secondary N) is 1. The fourth-order valence-electron chi connectivity index (χ4n) is 2.95. The van der Waals surface area contributed by atoms with Gasteiger partial charge in [0, 0.05) is 24.5 Å². The summed E-state index contributed by atoms with van der Waals surface area (Å²) in [7, 11) is 3.20. The first-order valence-electron chi connectivity index (χ1n) is 8.60. The minimum atomic E-state index is -0.324. The Morgan fingerprint density at radius 1 is 1.04 bits per heavy atom. The molecule has 2 heterocycles. The molecule has 0 spiro atoms. The van der Waals surface area contributed by atoms with Crippen LogP contribution in [0.4, 0.5) is 10.2 Å². The van der Waals surface area contributed by atoms with Crippen LogP contribution in [0.3, 0.4) is 0 Å². The van der Waals surface area contributed by atoms with Crippen LogP contribution in [0.2, 0.25) is 0 Å². The van der Waals surface area contributed by atoms with E-state index in [4.69, 9.17) is 9.47 Å². The summed E-state index contributed by atoms with van der Waals surface area (Å²) in [6.45, 7) is 0.509. The average Bonchev–Trinajstić information content (AvgIpc) is 3.16. The molecule has 0 bridgehead atoms. The lowest BCUT2D eigenvalue weighted by Crippen LogP contribution is -2.04. The molecule has 1 N–H and O–H groups in total. The van der Waals surface area contributed by atoms with Gasteiger partial charge in [0.1, 0.15) is 5.82 Å². The van der Waals surface area contributed by atoms with Crippen molar-refractivity contribution in [2.75, 3.05) is 19.5 Å². The SMILES string of the molecule is COc1ccc(CNc2nccn3c(-c4cccc(F)c4)nnc23)cc1OC. The number of rotatable bonds is 6. The van der Waals surface area contributed by atoms with Gasteiger partial charge in [-0.15, -0.1) is 10.2 Å². The van der Waals surface area contributed by atoms with E-state index >= 15 is 0 Å². The van der Waals surface area contributed by atoms with Gasteiger partial charge in [-0.1, -0.05) is 18.2 Å². The Labute approximate surface area is 160 Å². The number of hydrogen-bond acceptors (Lipinski definition) is 6. The highest BCUT2D eigenvalue weighted by Crippen LogP contribution is 2.28. The fourth-order valence-corrected chi connectivity index (χ4v) is 2.95. The van der Waals surface area contributed by atoms with E-state index in [1.807, 2.05) is 18.2 Å². The third kappa shape index (κ3) is 3.32. The Bertz CT molecular complexity index is 1130. The van der Waals surface area contributed by atoms with Gasteiger partial charge in [-0.2, -0.15) is 0 Å². The molecule has 0 amide bonds. The predicted octanol–water partition coefficient (Wildman–Crippen LogP) is 3.56. The number of halogens is 1. The molecule has 0 fully saturated rings. The summed E-state index contributed by atoms with van der Waals surface area (Å²) >= 11 is 0. The molecule has 2 aromatic heterocycles. The van der Waals surface area contributed by atoms with E-state index < -0.39 is 0 Å². The second-order valence-corrected chi connectivity index (χ2v) is 6.05. The highest BCUT2D eigenvalue weighted by molar-refractivity contribution is 5.67. The Kier molecular flexibility index (Phi) is 4.76. The third-order valence-corrected chi connectivity index (χ3v) is 4.32. The second-order valence-electron chi connectivity index (χ2n) is 6.05. The number of anilines is 1. The number of aromatic nitrogens is 4. The van der Waals surface area contributed by atoms with Crippen molar-refractivity contribution in [2.24, 2.45) is 0 Å². The Balaban J connectivity index is 1.62. The van der Waals surface area contributed by atoms with Crippen molar-refractivity contribution in [1.82, 2.24) is 19.6 Å². The van der Waals surface area contributed by atoms with Crippen LogP contribution in [-0.4, -0.2) is 33.8 Å². The lowest BCUT2D eigenvalue weighted by Gasteiger charge is -2.11. The van der Waals surface area contributed by atoms with Gasteiger partial charge in [0.25, 0.3) is 0 Å². The summed E-state index contributed by atoms with van der Waals surface area (Å²) in [5, 5.41) is 11.7. The van der Waals surface area contributed by atoms with E-state index in [1.165, 1.54) is 12.1 Å². The minimum Gasteiger partial charge on any atom is -0.493 e. The zero-order valence-electron chi connectivity index (χ0n) is 15.4. The van der Waals surface area contributed by atoms with Crippen molar-refractivity contribution in [1.29, 1.82) is 0 Å². The summed E-state index contributed by atoms with van der Waals surface area (Å²) in [6, 6.07) is 11.9. The summed E-state index contributed by atoms with van der Waals surface area (Å²) in [5.74, 6) is 2.13. The number of ether oxygens (including phenoxy) is 2. The molecule has 0 aliphatic heterocycles. The third-order valence-electron chi connectivity index (χ3n) is 4.32. The first kappa shape index (κ1) is 17.7. The van der Waals surface area contributed by atoms with Gasteiger partial charge >= 0.3 is 0 Å². The molecule has 0 aliphatic rings. The molecule has 0 saturated carbocycles. The molecule has 28 heavy (non-hydrogen) atoms. The van der Waals surface area contributed by atoms with Gasteiger partial charge in [-0.25, -0.2) is 9.37 Å². The smallest absolute Gasteiger partial charge is 0.203 e. The molecule has 0 aliphatic carbocycles. The van der Waals surface area contributed by atoms with Crippen molar-refractivity contribution in [3.63, 3.8) is 0 Å². The predicted molar refractivity (Wildman–Crippen MR) is 103 cm³/mol. The van der Waals surface area contributed by atoms with Crippen molar-refractivity contribution in [3.8, 4) is 22.9 Å². The molecule has 0 saturated heterocycles. The first-order valence-corrected chi connectivity index (χ1v) is 8.60. The molecule has 7 nitrogen and oxygen atoms in total. The second kappa shape index (κ2) is 7.51. The van der Waals surface area contributed by atoms with Crippen LogP contribution in [0.25, 0.3) is 17.0 Å². The van der Waals surface area contributed by atoms with Crippen molar-refractivity contribution in [2.45, 2.75) is 6.54 Å². The number of nitrogens with zero attached hydrogens (tertiary/aromatic N) is 4. The number of hydrogen-bond donors (Lipinski definition) is 1. The highest BCUT2D eigenvalue weighted by Gasteiger charge is 2.13. The van der Waals surface area contributed by atoms with Crippen LogP contribution in [0.1, 0.15) is 5.56 Å². The Hall–Kier alpha value is -3.68. The summed E-state index contributed by atoms with van der Waals surface area (Å²) in [5.41, 5.74) is 2.19. The molecule has 0 unspecified atom stereocenters. The zero-order chi connectivity index (χ0) is 19.5. The van der Waals surface area contributed by atoms with E-state index in [9.17, 15) is 4.39 Å². The van der Waals surface area contributed by atoms with Crippen LogP contribution >= 0.6 is 0 Å². The Morgan fingerprint density at radius 3 is 2.68 bits per heavy atom. The quantitative estimate of drug-likeness (QED) is 0.552. The van der Waals surface area contributed by atoms with Gasteiger partial charge in [0.2, 0.25) is 5.65 Å². The molecule has 8 heteroatoms. The lowest BCUT2D eigenvalue weighted by molar-refractivity contribution is 0.354. The highest BCUT2D eigenvalue weighted by atomic mass is 19.1. The standard InChI is InChI=1S/C20H18FN5O2/c1-27-16-7-6-13(10-17(16)28-2)12-23-18-20-25-24-19(26(20)9-8-22-18)14-4-3-5-15(21)11-14/h3-11H,12H2,1-2H3,(H,22,23). The molecule has 0 atom stereocenters. The van der Waals surface area contributed by atoms with Crippen LogP contribution in [-0.2, 0) is 6.54 Å². The summed E-state index contributed by atoms with van der Waals surface area (Å²) < 4.78 is 25.9. The maximum Gasteiger partial charge on any atom is 0.203 e. The number of methoxy groups -OCH3 is 2. The van der Waals surface area contributed by atoms with Gasteiger partial charge in [-0.05, 0) is 29.8 Å². The topological polar surface area (TPSA) is 73.6 Å². The largest absolute Gasteiger partial charge is 0.493 e. The first-order chi connectivity index (χ1) is 13.7. The van der Waals surface area contributed by atoms with Crippen LogP contribution in [0, 0.1) is 5.82 Å². The van der Waals surface area contributed by atoms with Gasteiger partial charge in [0.05, 0.1) is 14.2 Å². The van der Waals surface area contributed by atoms with Crippen molar-refractivity contribution >= 4 is 11.5 Å². The van der Waals surface area contributed by atoms with Crippen molar-refractivity contribution in [3.05, 3.63) is 66.2 Å². The molecular formula is C20H18FN5O2. The van der Waals surface area contributed by atoms with Crippen LogP contribution in [0.15, 0.2) is 54.9 Å². The van der Waals surface area contributed by atoms with Gasteiger partial charge in [0.15, 0.2) is 23.1 Å². The molecule has 0 radical (unpaired) electrons. The number of fused-ring (bicyclic) bond motifs is 1.